The predicted octanol–water partition coefficient (Wildman–Crippen LogP) is 7.20. The maximum atomic E-state index is 14.3. The molecule has 0 N–H and O–H groups in total. The van der Waals surface area contributed by atoms with E-state index < -0.39 is 8.32 Å². The van der Waals surface area contributed by atoms with Crippen LogP contribution in [0, 0.1) is 23.1 Å². The van der Waals surface area contributed by atoms with Gasteiger partial charge in [0.15, 0.2) is 0 Å². The molecule has 0 aromatic heterocycles. The van der Waals surface area contributed by atoms with Crippen molar-refractivity contribution in [2.45, 2.75) is 83.8 Å². The van der Waals surface area contributed by atoms with Crippen LogP contribution in [0.2, 0.25) is 18.1 Å². The Bertz CT molecular complexity index is 775. The monoisotopic (exact) mass is 386 g/mol. The van der Waals surface area contributed by atoms with Crippen molar-refractivity contribution in [3.63, 3.8) is 0 Å². The molecule has 1 fully saturated rings. The molecule has 0 spiro atoms. The molecule has 0 unspecified atom stereocenters. The van der Waals surface area contributed by atoms with Crippen LogP contribution in [0.3, 0.4) is 0 Å². The second-order valence-corrected chi connectivity index (χ2v) is 15.6. The Morgan fingerprint density at radius 1 is 1.19 bits per heavy atom. The van der Waals surface area contributed by atoms with E-state index in [1.165, 1.54) is 11.3 Å². The van der Waals surface area contributed by atoms with Crippen molar-refractivity contribution < 1.29 is 8.82 Å². The number of rotatable bonds is 2. The van der Waals surface area contributed by atoms with E-state index in [4.69, 9.17) is 4.43 Å². The Balaban J connectivity index is 1.60. The second-order valence-electron chi connectivity index (χ2n) is 10.8. The quantitative estimate of drug-likeness (QED) is 0.488. The highest BCUT2D eigenvalue weighted by atomic mass is 28.4. The summed E-state index contributed by atoms with van der Waals surface area (Å²) in [5.74, 6) is 3.12. The summed E-state index contributed by atoms with van der Waals surface area (Å²) in [4.78, 5) is 0. The largest absolute Gasteiger partial charge is 0.546 e. The van der Waals surface area contributed by atoms with Gasteiger partial charge in [-0.1, -0.05) is 39.8 Å². The Kier molecular flexibility index (Phi) is 4.42. The van der Waals surface area contributed by atoms with Gasteiger partial charge in [0.25, 0.3) is 0 Å². The minimum absolute atomic E-state index is 0.00535. The van der Waals surface area contributed by atoms with Crippen molar-refractivity contribution >= 4 is 8.32 Å². The van der Waals surface area contributed by atoms with Gasteiger partial charge in [-0.2, -0.15) is 0 Å². The second kappa shape index (κ2) is 6.20. The highest BCUT2D eigenvalue weighted by Gasteiger charge is 2.54. The van der Waals surface area contributed by atoms with Crippen LogP contribution >= 0.6 is 0 Å². The molecule has 0 aliphatic heterocycles. The minimum atomic E-state index is -1.82. The maximum Gasteiger partial charge on any atom is 0.250 e. The molecule has 1 aromatic rings. The van der Waals surface area contributed by atoms with Crippen molar-refractivity contribution in [1.82, 2.24) is 0 Å². The highest BCUT2D eigenvalue weighted by Crippen LogP contribution is 2.62. The van der Waals surface area contributed by atoms with Crippen molar-refractivity contribution in [3.05, 3.63) is 47.0 Å². The summed E-state index contributed by atoms with van der Waals surface area (Å²) < 4.78 is 21.2. The van der Waals surface area contributed by atoms with Crippen LogP contribution in [-0.2, 0) is 10.8 Å². The molecule has 0 radical (unpaired) electrons. The third kappa shape index (κ3) is 2.92. The number of halogens is 1. The molecule has 0 bridgehead atoms. The van der Waals surface area contributed by atoms with Crippen molar-refractivity contribution in [3.8, 4) is 0 Å². The summed E-state index contributed by atoms with van der Waals surface area (Å²) in [6.07, 6.45) is 7.89. The third-order valence-corrected chi connectivity index (χ3v) is 12.7. The summed E-state index contributed by atoms with van der Waals surface area (Å²) in [6, 6.07) is 5.73. The van der Waals surface area contributed by atoms with Crippen LogP contribution in [0.5, 0.6) is 0 Å². The first-order chi connectivity index (χ1) is 12.5. The van der Waals surface area contributed by atoms with Gasteiger partial charge in [-0.25, -0.2) is 4.39 Å². The zero-order chi connectivity index (χ0) is 19.6. The molecule has 27 heavy (non-hydrogen) atoms. The summed E-state index contributed by atoms with van der Waals surface area (Å²) in [5.41, 5.74) is 2.46. The molecule has 1 nitrogen and oxygen atoms in total. The number of hydrogen-bond donors (Lipinski definition) is 0. The van der Waals surface area contributed by atoms with Gasteiger partial charge >= 0.3 is 0 Å². The van der Waals surface area contributed by atoms with E-state index in [0.717, 1.165) is 37.7 Å². The average Bonchev–Trinajstić information content (AvgIpc) is 2.90. The van der Waals surface area contributed by atoms with E-state index in [1.54, 1.807) is 6.07 Å². The zero-order valence-corrected chi connectivity index (χ0v) is 18.9. The number of allylic oxidation sites excluding steroid dienone is 2. The maximum absolute atomic E-state index is 14.3. The fourth-order valence-electron chi connectivity index (χ4n) is 5.69. The van der Waals surface area contributed by atoms with E-state index in [-0.39, 0.29) is 16.3 Å². The van der Waals surface area contributed by atoms with Crippen LogP contribution in [-0.4, -0.2) is 8.32 Å². The molecule has 0 amide bonds. The van der Waals surface area contributed by atoms with Gasteiger partial charge in [-0.05, 0) is 91.3 Å². The van der Waals surface area contributed by atoms with Crippen molar-refractivity contribution in [2.75, 3.05) is 0 Å². The third-order valence-electron chi connectivity index (χ3n) is 8.40. The van der Waals surface area contributed by atoms with Gasteiger partial charge in [0.1, 0.15) is 5.82 Å². The standard InChI is InChI=1S/C24H35FOSi/c1-23(2,3)27(5,6)26-22-13-12-20-18-10-11-19-16(8-7-9-21(19)25)17(18)14-15-24(20,22)4/h7-9,13,17-18,20H,10-12,14-15H2,1-6H3/t17-,18-,20+,24+/m1/s1. The van der Waals surface area contributed by atoms with Crippen LogP contribution in [0.25, 0.3) is 0 Å². The molecule has 0 heterocycles. The van der Waals surface area contributed by atoms with E-state index >= 15 is 0 Å². The molecule has 3 aliphatic carbocycles. The number of fused-ring (bicyclic) bond motifs is 5. The summed E-state index contributed by atoms with van der Waals surface area (Å²) >= 11 is 0. The Morgan fingerprint density at radius 3 is 2.63 bits per heavy atom. The molecule has 0 saturated heterocycles. The Labute approximate surface area is 165 Å². The number of hydrogen-bond acceptors (Lipinski definition) is 1. The minimum Gasteiger partial charge on any atom is -0.546 e. The van der Waals surface area contributed by atoms with Gasteiger partial charge < -0.3 is 4.43 Å². The summed E-state index contributed by atoms with van der Waals surface area (Å²) in [6.45, 7) is 14.1. The summed E-state index contributed by atoms with van der Waals surface area (Å²) in [5, 5.41) is 0.223. The normalized spacial score (nSPS) is 33.0. The highest BCUT2D eigenvalue weighted by molar-refractivity contribution is 6.74. The lowest BCUT2D eigenvalue weighted by Gasteiger charge is -2.51. The van der Waals surface area contributed by atoms with E-state index in [2.05, 4.69) is 52.9 Å². The van der Waals surface area contributed by atoms with Crippen LogP contribution < -0.4 is 0 Å². The number of benzene rings is 1. The molecular formula is C24H35FOSi. The Hall–Kier alpha value is -1.09. The molecule has 148 valence electrons. The predicted molar refractivity (Wildman–Crippen MR) is 113 cm³/mol. The molecule has 4 rings (SSSR count). The van der Waals surface area contributed by atoms with Gasteiger partial charge in [0.2, 0.25) is 8.32 Å². The molecule has 1 saturated carbocycles. The van der Waals surface area contributed by atoms with E-state index in [0.29, 0.717) is 17.8 Å². The van der Waals surface area contributed by atoms with Crippen molar-refractivity contribution in [2.24, 2.45) is 17.3 Å². The van der Waals surface area contributed by atoms with Crippen molar-refractivity contribution in [1.29, 1.82) is 0 Å². The zero-order valence-electron chi connectivity index (χ0n) is 17.9. The van der Waals surface area contributed by atoms with Gasteiger partial charge in [0.05, 0.1) is 5.76 Å². The smallest absolute Gasteiger partial charge is 0.250 e. The van der Waals surface area contributed by atoms with Crippen LogP contribution in [0.4, 0.5) is 4.39 Å². The fraction of sp³-hybridized carbons (Fsp3) is 0.667. The molecular weight excluding hydrogens is 351 g/mol. The molecule has 3 heteroatoms. The van der Waals surface area contributed by atoms with Crippen LogP contribution in [0.1, 0.15) is 70.4 Å². The average molecular weight is 387 g/mol. The molecule has 3 aliphatic rings. The molecule has 1 aromatic carbocycles. The van der Waals surface area contributed by atoms with Crippen LogP contribution in [0.15, 0.2) is 30.0 Å². The SMILES string of the molecule is CC(C)(C)[Si](C)(C)OC1=CC[C@H]2[C@@H]3CCc4c(F)cccc4[C@H]3CC[C@]12C. The fourth-order valence-corrected chi connectivity index (χ4v) is 6.86. The Morgan fingerprint density at radius 2 is 1.93 bits per heavy atom. The van der Waals surface area contributed by atoms with E-state index in [9.17, 15) is 4.39 Å². The molecule has 4 atom stereocenters. The van der Waals surface area contributed by atoms with Gasteiger partial charge in [-0.3, -0.25) is 0 Å². The van der Waals surface area contributed by atoms with Gasteiger partial charge in [-0.15, -0.1) is 0 Å². The lowest BCUT2D eigenvalue weighted by molar-refractivity contribution is 0.0492. The van der Waals surface area contributed by atoms with E-state index in [1.807, 2.05) is 6.07 Å². The lowest BCUT2D eigenvalue weighted by Crippen LogP contribution is -2.46. The first kappa shape index (κ1) is 19.2. The van der Waals surface area contributed by atoms with Gasteiger partial charge in [0, 0.05) is 5.41 Å². The summed E-state index contributed by atoms with van der Waals surface area (Å²) in [7, 11) is -1.82. The lowest BCUT2D eigenvalue weighted by atomic mass is 9.55. The topological polar surface area (TPSA) is 9.23 Å². The first-order valence-corrected chi connectivity index (χ1v) is 13.6. The first-order valence-electron chi connectivity index (χ1n) is 10.7.